The fourth-order valence-corrected chi connectivity index (χ4v) is 9.22. The Morgan fingerprint density at radius 3 is 1.59 bits per heavy atom. The number of amides is 2. The van der Waals surface area contributed by atoms with Gasteiger partial charge in [0.1, 0.15) is 0 Å². The Balaban J connectivity index is 1.32. The highest BCUT2D eigenvalue weighted by Gasteiger charge is 2.16. The molecule has 2 N–H and O–H groups in total. The monoisotopic (exact) mass is 450 g/mol. The molecule has 8 heteroatoms. The second-order valence-electron chi connectivity index (χ2n) is 7.20. The van der Waals surface area contributed by atoms with E-state index in [1.807, 2.05) is 43.2 Å². The third-order valence-electron chi connectivity index (χ3n) is 4.81. The van der Waals surface area contributed by atoms with Gasteiger partial charge in [0.25, 0.3) is 0 Å². The van der Waals surface area contributed by atoms with Crippen molar-refractivity contribution in [1.82, 2.24) is 10.6 Å². The van der Waals surface area contributed by atoms with Crippen LogP contribution in [-0.2, 0) is 9.59 Å². The number of hydrogen-bond donors (Lipinski definition) is 2. The van der Waals surface area contributed by atoms with E-state index in [-0.39, 0.29) is 11.8 Å². The lowest BCUT2D eigenvalue weighted by atomic mass is 10.1. The van der Waals surface area contributed by atoms with Crippen LogP contribution in [0.2, 0.25) is 0 Å². The molecule has 0 unspecified atom stereocenters. The lowest BCUT2D eigenvalue weighted by molar-refractivity contribution is -0.121. The summed E-state index contributed by atoms with van der Waals surface area (Å²) in [7, 11) is 7.99. The quantitative estimate of drug-likeness (QED) is 0.286. The lowest BCUT2D eigenvalue weighted by Gasteiger charge is -2.09. The zero-order valence-corrected chi connectivity index (χ0v) is 19.5. The van der Waals surface area contributed by atoms with E-state index < -0.39 is 0 Å². The van der Waals surface area contributed by atoms with Gasteiger partial charge in [-0.25, -0.2) is 0 Å². The Kier molecular flexibility index (Phi) is 13.3. The third-order valence-corrected chi connectivity index (χ3v) is 10.8. The van der Waals surface area contributed by atoms with E-state index in [1.54, 1.807) is 0 Å². The number of rotatable bonds is 14. The van der Waals surface area contributed by atoms with Crippen LogP contribution in [0.3, 0.4) is 0 Å². The molecule has 0 saturated carbocycles. The maximum atomic E-state index is 11.8. The first-order valence-corrected chi connectivity index (χ1v) is 15.1. The molecule has 2 amide bonds. The maximum absolute atomic E-state index is 11.8. The first-order valence-electron chi connectivity index (χ1n) is 10.3. The highest BCUT2D eigenvalue weighted by Crippen LogP contribution is 2.40. The molecular formula is C19H34N2O2S4. The average Bonchev–Trinajstić information content (AvgIpc) is 3.36. The molecule has 0 radical (unpaired) electrons. The summed E-state index contributed by atoms with van der Waals surface area (Å²) in [6.07, 6.45) is 11.5. The first-order chi connectivity index (χ1) is 13.2. The fraction of sp³-hybridized carbons (Fsp3) is 0.895. The topological polar surface area (TPSA) is 58.2 Å². The van der Waals surface area contributed by atoms with Gasteiger partial charge < -0.3 is 10.6 Å². The van der Waals surface area contributed by atoms with Crippen LogP contribution in [0.15, 0.2) is 0 Å². The first kappa shape index (κ1) is 23.6. The van der Waals surface area contributed by atoms with Gasteiger partial charge in [-0.3, -0.25) is 9.59 Å². The molecule has 2 fully saturated rings. The molecule has 2 aliphatic rings. The van der Waals surface area contributed by atoms with Crippen LogP contribution in [-0.4, -0.2) is 46.9 Å². The molecule has 2 rings (SSSR count). The van der Waals surface area contributed by atoms with Crippen LogP contribution in [0.1, 0.15) is 70.6 Å². The SMILES string of the molecule is O=C(CCCC[C@@H]1CCSS1)NCCCNC(=O)CCCC[C@H]1CCSS1. The van der Waals surface area contributed by atoms with Crippen LogP contribution < -0.4 is 10.6 Å². The van der Waals surface area contributed by atoms with Crippen molar-refractivity contribution < 1.29 is 9.59 Å². The molecule has 4 nitrogen and oxygen atoms in total. The Labute approximate surface area is 180 Å². The van der Waals surface area contributed by atoms with Gasteiger partial charge in [-0.2, -0.15) is 0 Å². The smallest absolute Gasteiger partial charge is 0.219 e. The van der Waals surface area contributed by atoms with Gasteiger partial charge in [0.05, 0.1) is 0 Å². The third kappa shape index (κ3) is 11.8. The minimum Gasteiger partial charge on any atom is -0.356 e. The van der Waals surface area contributed by atoms with E-state index >= 15 is 0 Å². The van der Waals surface area contributed by atoms with E-state index in [2.05, 4.69) is 10.6 Å². The number of hydrogen-bond acceptors (Lipinski definition) is 6. The molecule has 2 atom stereocenters. The van der Waals surface area contributed by atoms with Crippen molar-refractivity contribution in [1.29, 1.82) is 0 Å². The average molecular weight is 451 g/mol. The predicted molar refractivity (Wildman–Crippen MR) is 124 cm³/mol. The van der Waals surface area contributed by atoms with Gasteiger partial charge in [0.15, 0.2) is 0 Å². The molecule has 0 spiro atoms. The zero-order chi connectivity index (χ0) is 19.2. The summed E-state index contributed by atoms with van der Waals surface area (Å²) in [5, 5.41) is 7.54. The summed E-state index contributed by atoms with van der Waals surface area (Å²) in [4.78, 5) is 23.6. The van der Waals surface area contributed by atoms with Gasteiger partial charge in [0.2, 0.25) is 11.8 Å². The number of unbranched alkanes of at least 4 members (excludes halogenated alkanes) is 2. The fourth-order valence-electron chi connectivity index (χ4n) is 3.16. The zero-order valence-electron chi connectivity index (χ0n) is 16.2. The molecule has 0 aromatic carbocycles. The van der Waals surface area contributed by atoms with E-state index in [0.717, 1.165) is 42.6 Å². The summed E-state index contributed by atoms with van der Waals surface area (Å²) in [5.74, 6) is 2.87. The Morgan fingerprint density at radius 2 is 1.19 bits per heavy atom. The van der Waals surface area contributed by atoms with Crippen molar-refractivity contribution in [3.05, 3.63) is 0 Å². The second kappa shape index (κ2) is 15.2. The molecule has 0 bridgehead atoms. The summed E-state index contributed by atoms with van der Waals surface area (Å²) in [6.45, 7) is 1.32. The largest absolute Gasteiger partial charge is 0.356 e. The van der Waals surface area contributed by atoms with Crippen molar-refractivity contribution in [2.75, 3.05) is 24.6 Å². The number of carbonyl (C=O) groups is 2. The van der Waals surface area contributed by atoms with E-state index in [9.17, 15) is 9.59 Å². The highest BCUT2D eigenvalue weighted by molar-refractivity contribution is 8.77. The van der Waals surface area contributed by atoms with Crippen molar-refractivity contribution in [2.45, 2.75) is 81.1 Å². The summed E-state index contributed by atoms with van der Waals surface area (Å²) in [5.41, 5.74) is 0. The van der Waals surface area contributed by atoms with Crippen molar-refractivity contribution in [2.24, 2.45) is 0 Å². The molecule has 2 saturated heterocycles. The second-order valence-corrected chi connectivity index (χ2v) is 12.8. The molecule has 0 aromatic heterocycles. The van der Waals surface area contributed by atoms with Crippen LogP contribution in [0, 0.1) is 0 Å². The van der Waals surface area contributed by atoms with Gasteiger partial charge in [-0.05, 0) is 44.9 Å². The van der Waals surface area contributed by atoms with Crippen molar-refractivity contribution in [3.63, 3.8) is 0 Å². The molecule has 156 valence electrons. The lowest BCUT2D eigenvalue weighted by Crippen LogP contribution is -2.29. The summed E-state index contributed by atoms with van der Waals surface area (Å²) < 4.78 is 0. The minimum absolute atomic E-state index is 0.151. The molecule has 0 aliphatic carbocycles. The highest BCUT2D eigenvalue weighted by atomic mass is 33.1. The molecule has 0 aromatic rings. The summed E-state index contributed by atoms with van der Waals surface area (Å²) in [6, 6.07) is 0. The predicted octanol–water partition coefficient (Wildman–Crippen LogP) is 5.04. The van der Waals surface area contributed by atoms with Crippen LogP contribution in [0.25, 0.3) is 0 Å². The normalized spacial score (nSPS) is 22.1. The van der Waals surface area contributed by atoms with Gasteiger partial charge in [0, 0.05) is 47.9 Å². The molecule has 2 heterocycles. The van der Waals surface area contributed by atoms with Crippen molar-refractivity contribution >= 4 is 55.0 Å². The summed E-state index contributed by atoms with van der Waals surface area (Å²) >= 11 is 0. The molecular weight excluding hydrogens is 416 g/mol. The van der Waals surface area contributed by atoms with Crippen LogP contribution in [0.5, 0.6) is 0 Å². The van der Waals surface area contributed by atoms with E-state index in [4.69, 9.17) is 0 Å². The van der Waals surface area contributed by atoms with Crippen molar-refractivity contribution in [3.8, 4) is 0 Å². The maximum Gasteiger partial charge on any atom is 0.219 e. The van der Waals surface area contributed by atoms with Gasteiger partial charge >= 0.3 is 0 Å². The van der Waals surface area contributed by atoms with E-state index in [1.165, 1.54) is 37.2 Å². The van der Waals surface area contributed by atoms with Gasteiger partial charge in [-0.15, -0.1) is 0 Å². The van der Waals surface area contributed by atoms with Crippen LogP contribution in [0.4, 0.5) is 0 Å². The Bertz CT molecular complexity index is 390. The minimum atomic E-state index is 0.151. The number of carbonyl (C=O) groups excluding carboxylic acids is 2. The molecule has 2 aliphatic heterocycles. The standard InChI is InChI=1S/C19H34N2O2S4/c22-18(8-3-1-6-16-10-14-24-26-16)20-12-5-13-21-19(23)9-4-2-7-17-11-15-25-27-17/h16-17H,1-15H2,(H,20,22)(H,21,23)/t16-,17+. The Hall–Kier alpha value is 0.340. The van der Waals surface area contributed by atoms with Gasteiger partial charge in [-0.1, -0.05) is 56.0 Å². The van der Waals surface area contributed by atoms with Crippen LogP contribution >= 0.6 is 43.2 Å². The Morgan fingerprint density at radius 1 is 0.704 bits per heavy atom. The number of nitrogens with one attached hydrogen (secondary N) is 2. The van der Waals surface area contributed by atoms with E-state index in [0.29, 0.717) is 25.9 Å². The molecule has 27 heavy (non-hydrogen) atoms.